The van der Waals surface area contributed by atoms with Gasteiger partial charge in [-0.15, -0.1) is 0 Å². The van der Waals surface area contributed by atoms with E-state index in [0.29, 0.717) is 23.0 Å². The van der Waals surface area contributed by atoms with Crippen LogP contribution in [-0.2, 0) is 34.8 Å². The van der Waals surface area contributed by atoms with Gasteiger partial charge in [0, 0.05) is 5.41 Å². The third kappa shape index (κ3) is 10.2. The molecule has 6 aromatic rings. The molecule has 0 spiro atoms. The SMILES string of the molecule is CC(C)(OP(=O)(Oc1ccccc1)Oc1ccc(C(C)(C)c2ccc(C(C)(C)OP(=O)(Oc3ccccc3)Oc3ccccc3)cc2)cc1)c1ccccc1. The van der Waals surface area contributed by atoms with Crippen LogP contribution < -0.4 is 18.1 Å². The van der Waals surface area contributed by atoms with Gasteiger partial charge in [-0.05, 0) is 98.5 Å². The molecule has 0 heterocycles. The normalized spacial score (nSPS) is 13.3. The molecule has 1 atom stereocenters. The van der Waals surface area contributed by atoms with Gasteiger partial charge in [-0.3, -0.25) is 9.05 Å². The standard InChI is InChI=1S/C45H46O8P2/c1-43(2,35-27-29-38(30-28-35)45(5,6)53-54(46,48-39-21-13-8-14-22-39)49-40-23-15-9-16-24-40)36-31-33-42(34-32-36)51-55(47,50-41-25-17-10-18-26-41)52-44(3,4)37-19-11-7-12-20-37/h7-34H,1-6H3. The Labute approximate surface area is 324 Å². The highest BCUT2D eigenvalue weighted by molar-refractivity contribution is 7.49. The fourth-order valence-corrected chi connectivity index (χ4v) is 9.04. The molecule has 1 unspecified atom stereocenters. The van der Waals surface area contributed by atoms with Gasteiger partial charge >= 0.3 is 15.6 Å². The molecule has 8 nitrogen and oxygen atoms in total. The van der Waals surface area contributed by atoms with E-state index in [1.165, 1.54) is 0 Å². The Morgan fingerprint density at radius 2 is 0.582 bits per heavy atom. The first kappa shape index (κ1) is 39.6. The van der Waals surface area contributed by atoms with Gasteiger partial charge in [0.1, 0.15) is 34.2 Å². The van der Waals surface area contributed by atoms with Crippen molar-refractivity contribution >= 4 is 15.6 Å². The summed E-state index contributed by atoms with van der Waals surface area (Å²) in [5, 5.41) is 0. The molecule has 284 valence electrons. The largest absolute Gasteiger partial charge is 0.588 e. The van der Waals surface area contributed by atoms with Gasteiger partial charge in [0.2, 0.25) is 0 Å². The van der Waals surface area contributed by atoms with E-state index in [1.807, 2.05) is 113 Å². The van der Waals surface area contributed by atoms with Gasteiger partial charge in [-0.1, -0.05) is 135 Å². The Morgan fingerprint density at radius 1 is 0.327 bits per heavy atom. The number of hydrogen-bond donors (Lipinski definition) is 0. The van der Waals surface area contributed by atoms with Crippen LogP contribution in [0.4, 0.5) is 0 Å². The summed E-state index contributed by atoms with van der Waals surface area (Å²) in [5.41, 5.74) is 1.12. The fourth-order valence-electron chi connectivity index (χ4n) is 5.96. The van der Waals surface area contributed by atoms with Crippen molar-refractivity contribution in [2.24, 2.45) is 0 Å². The lowest BCUT2D eigenvalue weighted by Gasteiger charge is -2.31. The molecule has 0 bridgehead atoms. The number of phosphoric acid groups is 2. The summed E-state index contributed by atoms with van der Waals surface area (Å²) in [6.45, 7) is 11.5. The molecule has 0 N–H and O–H groups in total. The zero-order chi connectivity index (χ0) is 39.2. The first-order valence-electron chi connectivity index (χ1n) is 18.0. The Morgan fingerprint density at radius 3 is 0.927 bits per heavy atom. The van der Waals surface area contributed by atoms with Gasteiger partial charge < -0.3 is 18.1 Å². The number of hydrogen-bond acceptors (Lipinski definition) is 8. The summed E-state index contributed by atoms with van der Waals surface area (Å²) in [4.78, 5) is 0. The lowest BCUT2D eigenvalue weighted by molar-refractivity contribution is 0.0687. The van der Waals surface area contributed by atoms with Gasteiger partial charge in [0.05, 0.1) is 0 Å². The van der Waals surface area contributed by atoms with Gasteiger partial charge in [0.25, 0.3) is 0 Å². The van der Waals surface area contributed by atoms with E-state index in [1.54, 1.807) is 84.9 Å². The predicted molar refractivity (Wildman–Crippen MR) is 217 cm³/mol. The molecule has 0 radical (unpaired) electrons. The second-order valence-electron chi connectivity index (χ2n) is 14.5. The van der Waals surface area contributed by atoms with E-state index in [9.17, 15) is 9.13 Å². The summed E-state index contributed by atoms with van der Waals surface area (Å²) in [7, 11) is -8.35. The van der Waals surface area contributed by atoms with Crippen molar-refractivity contribution in [2.75, 3.05) is 0 Å². The fraction of sp³-hybridized carbons (Fsp3) is 0.200. The average molecular weight is 777 g/mol. The van der Waals surface area contributed by atoms with E-state index >= 15 is 0 Å². The minimum atomic E-state index is -4.19. The summed E-state index contributed by atoms with van der Waals surface area (Å²) in [6, 6.07) is 51.3. The summed E-state index contributed by atoms with van der Waals surface area (Å²) < 4.78 is 64.7. The second kappa shape index (κ2) is 16.3. The molecule has 0 fully saturated rings. The Kier molecular flexibility index (Phi) is 11.8. The summed E-state index contributed by atoms with van der Waals surface area (Å²) >= 11 is 0. The Bertz CT molecular complexity index is 2180. The molecule has 0 saturated carbocycles. The Balaban J connectivity index is 1.19. The van der Waals surface area contributed by atoms with Crippen molar-refractivity contribution in [3.63, 3.8) is 0 Å². The van der Waals surface area contributed by atoms with Crippen LogP contribution in [0.1, 0.15) is 63.8 Å². The summed E-state index contributed by atoms with van der Waals surface area (Å²) in [6.07, 6.45) is 0. The van der Waals surface area contributed by atoms with E-state index in [0.717, 1.165) is 22.3 Å². The van der Waals surface area contributed by atoms with Crippen LogP contribution in [0.2, 0.25) is 0 Å². The van der Waals surface area contributed by atoms with E-state index in [-0.39, 0.29) is 0 Å². The van der Waals surface area contributed by atoms with Crippen molar-refractivity contribution in [2.45, 2.75) is 58.2 Å². The highest BCUT2D eigenvalue weighted by Gasteiger charge is 2.41. The second-order valence-corrected chi connectivity index (χ2v) is 17.4. The minimum Gasteiger partial charge on any atom is -0.395 e. The predicted octanol–water partition coefficient (Wildman–Crippen LogP) is 13.0. The van der Waals surface area contributed by atoms with Crippen LogP contribution in [0.15, 0.2) is 170 Å². The first-order chi connectivity index (χ1) is 26.1. The number of phosphoric ester groups is 2. The molecule has 0 saturated heterocycles. The molecule has 0 aromatic heterocycles. The van der Waals surface area contributed by atoms with Crippen LogP contribution in [-0.4, -0.2) is 0 Å². The van der Waals surface area contributed by atoms with Gasteiger partial charge in [-0.2, -0.15) is 0 Å². The maximum atomic E-state index is 14.3. The molecule has 6 aromatic carbocycles. The zero-order valence-corrected chi connectivity index (χ0v) is 33.6. The van der Waals surface area contributed by atoms with Crippen molar-refractivity contribution in [3.8, 4) is 23.0 Å². The smallest absolute Gasteiger partial charge is 0.395 e. The van der Waals surface area contributed by atoms with Crippen LogP contribution in [0.3, 0.4) is 0 Å². The quantitative estimate of drug-likeness (QED) is 0.0898. The maximum Gasteiger partial charge on any atom is 0.588 e. The molecule has 55 heavy (non-hydrogen) atoms. The van der Waals surface area contributed by atoms with Crippen molar-refractivity contribution in [3.05, 3.63) is 192 Å². The van der Waals surface area contributed by atoms with Gasteiger partial charge in [-0.25, -0.2) is 9.13 Å². The molecule has 0 aliphatic rings. The maximum absolute atomic E-state index is 14.3. The molecule has 6 rings (SSSR count). The van der Waals surface area contributed by atoms with Gasteiger partial charge in [0.15, 0.2) is 0 Å². The zero-order valence-electron chi connectivity index (χ0n) is 31.8. The van der Waals surface area contributed by atoms with Crippen LogP contribution in [0, 0.1) is 0 Å². The van der Waals surface area contributed by atoms with Crippen molar-refractivity contribution in [1.29, 1.82) is 0 Å². The number of para-hydroxylation sites is 3. The highest BCUT2D eigenvalue weighted by Crippen LogP contribution is 2.56. The number of benzene rings is 6. The Hall–Kier alpha value is -5.10. The van der Waals surface area contributed by atoms with Crippen LogP contribution in [0.5, 0.6) is 23.0 Å². The first-order valence-corrected chi connectivity index (χ1v) is 20.9. The van der Waals surface area contributed by atoms with Crippen molar-refractivity contribution < 1.29 is 36.3 Å². The lowest BCUT2D eigenvalue weighted by atomic mass is 9.77. The molecule has 0 aliphatic carbocycles. The molecule has 0 aliphatic heterocycles. The highest BCUT2D eigenvalue weighted by atomic mass is 31.2. The molecular formula is C45H46O8P2. The summed E-state index contributed by atoms with van der Waals surface area (Å²) in [5.74, 6) is 1.42. The van der Waals surface area contributed by atoms with E-state index in [2.05, 4.69) is 13.8 Å². The lowest BCUT2D eigenvalue weighted by Crippen LogP contribution is -2.24. The van der Waals surface area contributed by atoms with Crippen LogP contribution >= 0.6 is 15.6 Å². The third-order valence-electron chi connectivity index (χ3n) is 9.13. The molecule has 10 heteroatoms. The topological polar surface area (TPSA) is 89.5 Å². The van der Waals surface area contributed by atoms with Crippen molar-refractivity contribution in [1.82, 2.24) is 0 Å². The van der Waals surface area contributed by atoms with Crippen LogP contribution in [0.25, 0.3) is 0 Å². The monoisotopic (exact) mass is 776 g/mol. The van der Waals surface area contributed by atoms with E-state index in [4.69, 9.17) is 27.1 Å². The number of rotatable bonds is 16. The third-order valence-corrected chi connectivity index (χ3v) is 12.2. The molecule has 0 amide bonds. The average Bonchev–Trinajstić information content (AvgIpc) is 3.16. The minimum absolute atomic E-state index is 0.330. The molecular weight excluding hydrogens is 730 g/mol. The van der Waals surface area contributed by atoms with E-state index < -0.39 is 32.3 Å².